The number of aliphatic hydroxyl groups excluding tert-OH is 5. The van der Waals surface area contributed by atoms with Gasteiger partial charge in [-0.25, -0.2) is 0 Å². The summed E-state index contributed by atoms with van der Waals surface area (Å²) in [7, 11) is 0. The first-order valence-corrected chi connectivity index (χ1v) is 16.6. The van der Waals surface area contributed by atoms with Crippen LogP contribution in [0.2, 0.25) is 0 Å². The van der Waals surface area contributed by atoms with E-state index >= 15 is 0 Å². The molecule has 1 saturated heterocycles. The van der Waals surface area contributed by atoms with Crippen LogP contribution in [0.25, 0.3) is 0 Å². The molecule has 0 aromatic carbocycles. The third-order valence-electron chi connectivity index (χ3n) is 7.78. The number of hydrogen-bond acceptors (Lipinski definition) is 8. The Labute approximate surface area is 254 Å². The van der Waals surface area contributed by atoms with E-state index in [-0.39, 0.29) is 12.5 Å². The quantitative estimate of drug-likeness (QED) is 0.0667. The van der Waals surface area contributed by atoms with Gasteiger partial charge in [0.25, 0.3) is 0 Å². The van der Waals surface area contributed by atoms with Crippen LogP contribution in [0.1, 0.15) is 123 Å². The van der Waals surface area contributed by atoms with Crippen LogP contribution >= 0.6 is 0 Å². The largest absolute Gasteiger partial charge is 0.394 e. The average molecular weight is 600 g/mol. The molecule has 0 aliphatic carbocycles. The van der Waals surface area contributed by atoms with Crippen LogP contribution in [-0.4, -0.2) is 87.5 Å². The molecule has 1 amide bonds. The number of carbonyl (C=O) groups excluding carboxylic acids is 1. The fourth-order valence-corrected chi connectivity index (χ4v) is 4.99. The van der Waals surface area contributed by atoms with Crippen molar-refractivity contribution < 1.29 is 39.8 Å². The highest BCUT2D eigenvalue weighted by atomic mass is 16.7. The Hall–Kier alpha value is -1.33. The Bertz CT molecular complexity index is 716. The van der Waals surface area contributed by atoms with Crippen molar-refractivity contribution in [2.45, 2.75) is 166 Å². The second-order valence-corrected chi connectivity index (χ2v) is 11.6. The molecule has 0 radical (unpaired) electrons. The maximum atomic E-state index is 12.6. The van der Waals surface area contributed by atoms with Crippen molar-refractivity contribution in [2.24, 2.45) is 0 Å². The van der Waals surface area contributed by atoms with Gasteiger partial charge in [0.2, 0.25) is 5.91 Å². The number of rotatable bonds is 25. The Balaban J connectivity index is 2.52. The summed E-state index contributed by atoms with van der Waals surface area (Å²) in [4.78, 5) is 12.6. The van der Waals surface area contributed by atoms with E-state index in [2.05, 4.69) is 31.3 Å². The number of carbonyl (C=O) groups is 1. The number of amides is 1. The van der Waals surface area contributed by atoms with Gasteiger partial charge in [-0.3, -0.25) is 4.79 Å². The summed E-state index contributed by atoms with van der Waals surface area (Å²) in [6.07, 6.45) is 18.4. The van der Waals surface area contributed by atoms with Crippen LogP contribution in [-0.2, 0) is 14.3 Å². The van der Waals surface area contributed by atoms with E-state index in [1.54, 1.807) is 6.08 Å². The normalized spacial score (nSPS) is 24.4. The first-order chi connectivity index (χ1) is 20.3. The summed E-state index contributed by atoms with van der Waals surface area (Å²) in [5, 5.41) is 53.4. The van der Waals surface area contributed by atoms with Crippen LogP contribution in [0.5, 0.6) is 0 Å². The number of hydrogen-bond donors (Lipinski definition) is 6. The topological polar surface area (TPSA) is 149 Å². The van der Waals surface area contributed by atoms with Gasteiger partial charge in [-0.1, -0.05) is 109 Å². The van der Waals surface area contributed by atoms with Crippen molar-refractivity contribution in [3.8, 4) is 0 Å². The molecule has 7 unspecified atom stereocenters. The van der Waals surface area contributed by atoms with Crippen molar-refractivity contribution >= 4 is 5.91 Å². The van der Waals surface area contributed by atoms with Gasteiger partial charge >= 0.3 is 0 Å². The Morgan fingerprint density at radius 3 is 2.00 bits per heavy atom. The van der Waals surface area contributed by atoms with Gasteiger partial charge in [-0.05, 0) is 32.1 Å². The molecule has 1 fully saturated rings. The van der Waals surface area contributed by atoms with Gasteiger partial charge in [0, 0.05) is 6.42 Å². The van der Waals surface area contributed by atoms with Gasteiger partial charge in [0.15, 0.2) is 6.29 Å². The predicted octanol–water partition coefficient (Wildman–Crippen LogP) is 4.43. The summed E-state index contributed by atoms with van der Waals surface area (Å²) in [6, 6.07) is -0.811. The molecule has 9 heteroatoms. The summed E-state index contributed by atoms with van der Waals surface area (Å²) < 4.78 is 11.0. The standard InChI is InChI=1S/C33H61NO8/c1-3-5-7-9-10-11-12-13-14-15-16-17-19-20-22-27(36)26(34-29(37)23-21-18-8-6-4-2)25-41-33-32(40)31(39)30(38)28(24-35)42-33/h15-16,20,22,26-28,30-33,35-36,38-40H,3-14,17-19,21,23-25H2,1-2H3,(H,34,37)/b16-15+,22-20+. The first-order valence-electron chi connectivity index (χ1n) is 16.6. The van der Waals surface area contributed by atoms with E-state index in [9.17, 15) is 30.3 Å². The zero-order chi connectivity index (χ0) is 31.0. The lowest BCUT2D eigenvalue weighted by Crippen LogP contribution is -2.60. The van der Waals surface area contributed by atoms with Gasteiger partial charge in [0.1, 0.15) is 24.4 Å². The molecular formula is C33H61NO8. The lowest BCUT2D eigenvalue weighted by molar-refractivity contribution is -0.302. The van der Waals surface area contributed by atoms with Crippen molar-refractivity contribution in [3.63, 3.8) is 0 Å². The molecule has 0 aromatic rings. The van der Waals surface area contributed by atoms with E-state index in [0.717, 1.165) is 51.4 Å². The van der Waals surface area contributed by atoms with Crippen LogP contribution in [0.15, 0.2) is 24.3 Å². The maximum Gasteiger partial charge on any atom is 0.220 e. The highest BCUT2D eigenvalue weighted by Crippen LogP contribution is 2.22. The molecule has 0 aromatic heterocycles. The molecule has 9 nitrogen and oxygen atoms in total. The third kappa shape index (κ3) is 17.1. The molecule has 0 bridgehead atoms. The predicted molar refractivity (Wildman–Crippen MR) is 166 cm³/mol. The Kier molecular flexibility index (Phi) is 23.1. The van der Waals surface area contributed by atoms with Crippen molar-refractivity contribution in [3.05, 3.63) is 24.3 Å². The molecule has 0 saturated carbocycles. The van der Waals surface area contributed by atoms with Crippen molar-refractivity contribution in [2.75, 3.05) is 13.2 Å². The second kappa shape index (κ2) is 25.0. The van der Waals surface area contributed by atoms with Gasteiger partial charge < -0.3 is 40.3 Å². The first kappa shape index (κ1) is 38.7. The van der Waals surface area contributed by atoms with Gasteiger partial charge in [-0.15, -0.1) is 0 Å². The van der Waals surface area contributed by atoms with Crippen LogP contribution in [0.3, 0.4) is 0 Å². The zero-order valence-electron chi connectivity index (χ0n) is 26.2. The number of ether oxygens (including phenoxy) is 2. The van der Waals surface area contributed by atoms with Crippen LogP contribution in [0, 0.1) is 0 Å². The summed E-state index contributed by atoms with van der Waals surface area (Å²) in [5.74, 6) is -0.203. The number of allylic oxidation sites excluding steroid dienone is 3. The molecule has 0 spiro atoms. The second-order valence-electron chi connectivity index (χ2n) is 11.6. The minimum Gasteiger partial charge on any atom is -0.394 e. The molecule has 1 rings (SSSR count). The minimum atomic E-state index is -1.56. The Morgan fingerprint density at radius 2 is 1.36 bits per heavy atom. The van der Waals surface area contributed by atoms with E-state index < -0.39 is 49.5 Å². The highest BCUT2D eigenvalue weighted by Gasteiger charge is 2.44. The molecule has 42 heavy (non-hydrogen) atoms. The summed E-state index contributed by atoms with van der Waals surface area (Å²) >= 11 is 0. The monoisotopic (exact) mass is 599 g/mol. The fraction of sp³-hybridized carbons (Fsp3) is 0.848. The molecule has 1 aliphatic heterocycles. The minimum absolute atomic E-state index is 0.200. The lowest BCUT2D eigenvalue weighted by Gasteiger charge is -2.40. The summed E-state index contributed by atoms with van der Waals surface area (Å²) in [6.45, 7) is 3.61. The number of aliphatic hydroxyl groups is 5. The third-order valence-corrected chi connectivity index (χ3v) is 7.78. The molecule has 7 atom stereocenters. The van der Waals surface area contributed by atoms with E-state index in [0.29, 0.717) is 6.42 Å². The van der Waals surface area contributed by atoms with Crippen molar-refractivity contribution in [1.82, 2.24) is 5.32 Å². The Morgan fingerprint density at radius 1 is 0.786 bits per heavy atom. The van der Waals surface area contributed by atoms with Crippen LogP contribution < -0.4 is 5.32 Å². The molecule has 1 aliphatic rings. The highest BCUT2D eigenvalue weighted by molar-refractivity contribution is 5.76. The zero-order valence-corrected chi connectivity index (χ0v) is 26.2. The van der Waals surface area contributed by atoms with Gasteiger partial charge in [-0.2, -0.15) is 0 Å². The molecule has 246 valence electrons. The number of unbranched alkanes of at least 4 members (excludes halogenated alkanes) is 13. The van der Waals surface area contributed by atoms with E-state index in [1.165, 1.54) is 51.4 Å². The van der Waals surface area contributed by atoms with E-state index in [1.807, 2.05) is 6.08 Å². The fourth-order valence-electron chi connectivity index (χ4n) is 4.99. The lowest BCUT2D eigenvalue weighted by atomic mass is 9.99. The maximum absolute atomic E-state index is 12.6. The van der Waals surface area contributed by atoms with E-state index in [4.69, 9.17) is 9.47 Å². The average Bonchev–Trinajstić information content (AvgIpc) is 2.98. The van der Waals surface area contributed by atoms with Crippen LogP contribution in [0.4, 0.5) is 0 Å². The smallest absolute Gasteiger partial charge is 0.220 e. The summed E-state index contributed by atoms with van der Waals surface area (Å²) in [5.41, 5.74) is 0. The van der Waals surface area contributed by atoms with Gasteiger partial charge in [0.05, 0.1) is 25.4 Å². The molecule has 6 N–H and O–H groups in total. The van der Waals surface area contributed by atoms with Crippen molar-refractivity contribution in [1.29, 1.82) is 0 Å². The molecule has 1 heterocycles. The number of nitrogens with one attached hydrogen (secondary N) is 1. The molecular weight excluding hydrogens is 538 g/mol. The SMILES string of the molecule is CCCCCCCCCC/C=C/CC/C=C/C(O)C(COC1OC(CO)C(O)C(O)C1O)NC(=O)CCCCCCC.